The molecule has 1 rings (SSSR count). The number of nitrogens with one attached hydrogen (secondary N) is 1. The lowest BCUT2D eigenvalue weighted by Crippen LogP contribution is -2.41. The Morgan fingerprint density at radius 3 is 2.33 bits per heavy atom. The third-order valence-corrected chi connectivity index (χ3v) is 4.00. The second-order valence-corrected chi connectivity index (χ2v) is 6.10. The van der Waals surface area contributed by atoms with E-state index < -0.39 is 23.9 Å². The lowest BCUT2D eigenvalue weighted by Gasteiger charge is -2.13. The van der Waals surface area contributed by atoms with E-state index in [1.807, 2.05) is 24.3 Å². The van der Waals surface area contributed by atoms with Crippen LogP contribution in [0.5, 0.6) is 0 Å². The SMILES string of the molecule is O=C(O)CC[C@H](NC(=O)CSc1ccc(Br)cc1)C(=O)O. The topological polar surface area (TPSA) is 104 Å². The van der Waals surface area contributed by atoms with Gasteiger partial charge in [-0.3, -0.25) is 9.59 Å². The molecular weight excluding hydrogens is 362 g/mol. The van der Waals surface area contributed by atoms with Crippen LogP contribution in [0.15, 0.2) is 33.6 Å². The number of thioether (sulfide) groups is 1. The molecule has 0 spiro atoms. The summed E-state index contributed by atoms with van der Waals surface area (Å²) in [5.41, 5.74) is 0. The molecule has 0 fully saturated rings. The smallest absolute Gasteiger partial charge is 0.326 e. The third kappa shape index (κ3) is 7.14. The number of carboxylic acid groups (broad SMARTS) is 2. The fourth-order valence-electron chi connectivity index (χ4n) is 1.44. The van der Waals surface area contributed by atoms with Gasteiger partial charge in [-0.25, -0.2) is 4.79 Å². The molecular formula is C13H14BrNO5S. The highest BCUT2D eigenvalue weighted by Gasteiger charge is 2.20. The molecule has 0 saturated carbocycles. The third-order valence-electron chi connectivity index (χ3n) is 2.46. The van der Waals surface area contributed by atoms with Gasteiger partial charge < -0.3 is 15.5 Å². The molecule has 1 atom stereocenters. The van der Waals surface area contributed by atoms with Crippen LogP contribution >= 0.6 is 27.7 Å². The zero-order valence-corrected chi connectivity index (χ0v) is 13.3. The van der Waals surface area contributed by atoms with E-state index in [1.165, 1.54) is 11.8 Å². The van der Waals surface area contributed by atoms with Crippen molar-refractivity contribution in [2.24, 2.45) is 0 Å². The normalized spacial score (nSPS) is 11.7. The molecule has 1 aromatic rings. The number of benzene rings is 1. The minimum Gasteiger partial charge on any atom is -0.481 e. The van der Waals surface area contributed by atoms with E-state index in [-0.39, 0.29) is 18.6 Å². The average Bonchev–Trinajstić information content (AvgIpc) is 2.42. The first-order valence-corrected chi connectivity index (χ1v) is 7.78. The second kappa shape index (κ2) is 8.68. The predicted octanol–water partition coefficient (Wildman–Crippen LogP) is 1.98. The summed E-state index contributed by atoms with van der Waals surface area (Å²) < 4.78 is 0.927. The minimum atomic E-state index is -1.24. The molecule has 0 aromatic heterocycles. The van der Waals surface area contributed by atoms with Crippen molar-refractivity contribution in [3.63, 3.8) is 0 Å². The number of halogens is 1. The van der Waals surface area contributed by atoms with E-state index >= 15 is 0 Å². The lowest BCUT2D eigenvalue weighted by atomic mass is 10.1. The van der Waals surface area contributed by atoms with E-state index in [4.69, 9.17) is 10.2 Å². The van der Waals surface area contributed by atoms with Crippen molar-refractivity contribution < 1.29 is 24.6 Å². The van der Waals surface area contributed by atoms with Gasteiger partial charge in [-0.1, -0.05) is 15.9 Å². The summed E-state index contributed by atoms with van der Waals surface area (Å²) >= 11 is 4.57. The molecule has 0 bridgehead atoms. The van der Waals surface area contributed by atoms with Gasteiger partial charge in [0.25, 0.3) is 0 Å². The molecule has 6 nitrogen and oxygen atoms in total. The lowest BCUT2D eigenvalue weighted by molar-refractivity contribution is -0.142. The van der Waals surface area contributed by atoms with Crippen LogP contribution in [0.1, 0.15) is 12.8 Å². The van der Waals surface area contributed by atoms with Crippen LogP contribution in [-0.2, 0) is 14.4 Å². The van der Waals surface area contributed by atoms with E-state index in [0.717, 1.165) is 9.37 Å². The van der Waals surface area contributed by atoms with E-state index in [0.29, 0.717) is 0 Å². The van der Waals surface area contributed by atoms with Crippen LogP contribution in [0.25, 0.3) is 0 Å². The van der Waals surface area contributed by atoms with E-state index in [9.17, 15) is 14.4 Å². The maximum absolute atomic E-state index is 11.7. The Morgan fingerprint density at radius 2 is 1.81 bits per heavy atom. The van der Waals surface area contributed by atoms with Crippen molar-refractivity contribution in [2.45, 2.75) is 23.8 Å². The van der Waals surface area contributed by atoms with Crippen molar-refractivity contribution in [3.8, 4) is 0 Å². The van der Waals surface area contributed by atoms with Crippen LogP contribution in [-0.4, -0.2) is 39.9 Å². The van der Waals surface area contributed by atoms with E-state index in [2.05, 4.69) is 21.2 Å². The second-order valence-electron chi connectivity index (χ2n) is 4.13. The van der Waals surface area contributed by atoms with Crippen molar-refractivity contribution >= 4 is 45.5 Å². The molecule has 0 saturated heterocycles. The highest BCUT2D eigenvalue weighted by atomic mass is 79.9. The minimum absolute atomic E-state index is 0.0679. The fraction of sp³-hybridized carbons (Fsp3) is 0.308. The molecule has 1 aromatic carbocycles. The highest BCUT2D eigenvalue weighted by molar-refractivity contribution is 9.10. The molecule has 21 heavy (non-hydrogen) atoms. The van der Waals surface area contributed by atoms with Crippen LogP contribution in [0.4, 0.5) is 0 Å². The summed E-state index contributed by atoms with van der Waals surface area (Å²) in [6.45, 7) is 0. The Balaban J connectivity index is 2.44. The number of carboxylic acids is 2. The summed E-state index contributed by atoms with van der Waals surface area (Å²) in [5.74, 6) is -2.71. The van der Waals surface area contributed by atoms with Crippen molar-refractivity contribution in [1.82, 2.24) is 5.32 Å². The van der Waals surface area contributed by atoms with Gasteiger partial charge in [0.1, 0.15) is 6.04 Å². The van der Waals surface area contributed by atoms with Crippen molar-refractivity contribution in [1.29, 1.82) is 0 Å². The summed E-state index contributed by atoms with van der Waals surface area (Å²) in [7, 11) is 0. The fourth-order valence-corrected chi connectivity index (χ4v) is 2.41. The monoisotopic (exact) mass is 375 g/mol. The van der Waals surface area contributed by atoms with Gasteiger partial charge in [0, 0.05) is 15.8 Å². The zero-order valence-electron chi connectivity index (χ0n) is 10.9. The first-order chi connectivity index (χ1) is 9.88. The highest BCUT2D eigenvalue weighted by Crippen LogP contribution is 2.20. The molecule has 3 N–H and O–H groups in total. The first-order valence-electron chi connectivity index (χ1n) is 6.01. The molecule has 114 valence electrons. The van der Waals surface area contributed by atoms with Crippen LogP contribution in [0.3, 0.4) is 0 Å². The molecule has 0 radical (unpaired) electrons. The van der Waals surface area contributed by atoms with Gasteiger partial charge in [0.05, 0.1) is 5.75 Å². The van der Waals surface area contributed by atoms with Crippen LogP contribution < -0.4 is 5.32 Å². The number of carbonyl (C=O) groups is 3. The number of hydrogen-bond acceptors (Lipinski definition) is 4. The largest absolute Gasteiger partial charge is 0.481 e. The molecule has 0 aliphatic carbocycles. The zero-order chi connectivity index (χ0) is 15.8. The predicted molar refractivity (Wildman–Crippen MR) is 81.3 cm³/mol. The summed E-state index contributed by atoms with van der Waals surface area (Å²) in [6.07, 6.45) is -0.448. The summed E-state index contributed by atoms with van der Waals surface area (Å²) in [5, 5.41) is 19.8. The molecule has 8 heteroatoms. The van der Waals surface area contributed by atoms with Gasteiger partial charge in [-0.2, -0.15) is 0 Å². The number of rotatable bonds is 8. The quantitative estimate of drug-likeness (QED) is 0.600. The van der Waals surface area contributed by atoms with E-state index in [1.54, 1.807) is 0 Å². The van der Waals surface area contributed by atoms with Gasteiger partial charge >= 0.3 is 11.9 Å². The van der Waals surface area contributed by atoms with Gasteiger partial charge in [-0.15, -0.1) is 11.8 Å². The molecule has 0 unspecified atom stereocenters. The molecule has 1 amide bonds. The number of carbonyl (C=O) groups excluding carboxylic acids is 1. The van der Waals surface area contributed by atoms with Crippen molar-refractivity contribution in [3.05, 3.63) is 28.7 Å². The molecule has 0 heterocycles. The maximum Gasteiger partial charge on any atom is 0.326 e. The Kier molecular flexibility index (Phi) is 7.24. The number of amides is 1. The average molecular weight is 376 g/mol. The van der Waals surface area contributed by atoms with Gasteiger partial charge in [-0.05, 0) is 30.7 Å². The Bertz CT molecular complexity index is 520. The van der Waals surface area contributed by atoms with Gasteiger partial charge in [0.2, 0.25) is 5.91 Å². The Morgan fingerprint density at radius 1 is 1.19 bits per heavy atom. The first kappa shape index (κ1) is 17.5. The maximum atomic E-state index is 11.7. The number of aliphatic carboxylic acids is 2. The number of hydrogen-bond donors (Lipinski definition) is 3. The Hall–Kier alpha value is -1.54. The van der Waals surface area contributed by atoms with Crippen molar-refractivity contribution in [2.75, 3.05) is 5.75 Å². The van der Waals surface area contributed by atoms with Crippen LogP contribution in [0, 0.1) is 0 Å². The van der Waals surface area contributed by atoms with Gasteiger partial charge in [0.15, 0.2) is 0 Å². The standard InChI is InChI=1S/C13H14BrNO5S/c14-8-1-3-9(4-2-8)21-7-11(16)15-10(13(19)20)5-6-12(17)18/h1-4,10H,5-7H2,(H,15,16)(H,17,18)(H,19,20)/t10-/m0/s1. The van der Waals surface area contributed by atoms with Crippen LogP contribution in [0.2, 0.25) is 0 Å². The summed E-state index contributed by atoms with van der Waals surface area (Å²) in [6, 6.07) is 6.17. The molecule has 0 aliphatic heterocycles. The Labute approximate surface area is 134 Å². The molecule has 0 aliphatic rings. The summed E-state index contributed by atoms with van der Waals surface area (Å²) in [4.78, 5) is 33.9.